The minimum absolute atomic E-state index is 0.266. The van der Waals surface area contributed by atoms with E-state index in [0.29, 0.717) is 6.42 Å². The molecule has 0 saturated heterocycles. The van der Waals surface area contributed by atoms with E-state index in [0.717, 1.165) is 23.8 Å². The van der Waals surface area contributed by atoms with Gasteiger partial charge < -0.3 is 9.69 Å². The van der Waals surface area contributed by atoms with Crippen LogP contribution in [0.25, 0.3) is 0 Å². The standard InChI is InChI=1S/C11H16ClNOS/c1-9(14)4-3-7-13(2)8-10-5-6-11(12)15-10/h5-6H,3-4,7-8H2,1-2H3. The van der Waals surface area contributed by atoms with Gasteiger partial charge in [0.05, 0.1) is 4.34 Å². The molecule has 0 aliphatic carbocycles. The summed E-state index contributed by atoms with van der Waals surface area (Å²) < 4.78 is 0.835. The summed E-state index contributed by atoms with van der Waals surface area (Å²) in [4.78, 5) is 14.2. The van der Waals surface area contributed by atoms with Gasteiger partial charge in [-0.2, -0.15) is 0 Å². The van der Waals surface area contributed by atoms with Crippen LogP contribution in [0.3, 0.4) is 0 Å². The van der Waals surface area contributed by atoms with E-state index in [1.54, 1.807) is 18.3 Å². The van der Waals surface area contributed by atoms with Crippen molar-refractivity contribution >= 4 is 28.7 Å². The first-order chi connectivity index (χ1) is 7.08. The highest BCUT2D eigenvalue weighted by molar-refractivity contribution is 7.16. The minimum Gasteiger partial charge on any atom is -0.301 e. The van der Waals surface area contributed by atoms with Gasteiger partial charge in [0, 0.05) is 17.8 Å². The summed E-state index contributed by atoms with van der Waals surface area (Å²) >= 11 is 7.46. The maximum absolute atomic E-state index is 10.8. The van der Waals surface area contributed by atoms with Crippen LogP contribution in [0.15, 0.2) is 12.1 Å². The molecule has 0 spiro atoms. The van der Waals surface area contributed by atoms with Gasteiger partial charge in [-0.1, -0.05) is 11.6 Å². The molecule has 0 N–H and O–H groups in total. The summed E-state index contributed by atoms with van der Waals surface area (Å²) in [6, 6.07) is 3.97. The molecule has 84 valence electrons. The smallest absolute Gasteiger partial charge is 0.129 e. The van der Waals surface area contributed by atoms with Crippen LogP contribution in [0.2, 0.25) is 4.34 Å². The fourth-order valence-electron chi connectivity index (χ4n) is 1.38. The van der Waals surface area contributed by atoms with Crippen LogP contribution in [0, 0.1) is 0 Å². The van der Waals surface area contributed by atoms with Crippen molar-refractivity contribution in [3.05, 3.63) is 21.3 Å². The zero-order chi connectivity index (χ0) is 11.3. The number of halogens is 1. The van der Waals surface area contributed by atoms with Gasteiger partial charge in [0.25, 0.3) is 0 Å². The molecule has 1 heterocycles. The summed E-state index contributed by atoms with van der Waals surface area (Å²) in [5, 5.41) is 0. The van der Waals surface area contributed by atoms with Gasteiger partial charge in [-0.15, -0.1) is 11.3 Å². The molecule has 0 aromatic carbocycles. The van der Waals surface area contributed by atoms with Gasteiger partial charge in [-0.05, 0) is 39.1 Å². The lowest BCUT2D eigenvalue weighted by atomic mass is 10.2. The monoisotopic (exact) mass is 245 g/mol. The van der Waals surface area contributed by atoms with Crippen molar-refractivity contribution in [1.82, 2.24) is 4.90 Å². The Bertz CT molecular complexity index is 324. The molecule has 0 fully saturated rings. The van der Waals surface area contributed by atoms with Crippen molar-refractivity contribution in [3.8, 4) is 0 Å². The van der Waals surface area contributed by atoms with Crippen molar-refractivity contribution in [1.29, 1.82) is 0 Å². The topological polar surface area (TPSA) is 20.3 Å². The molecule has 0 radical (unpaired) electrons. The van der Waals surface area contributed by atoms with Crippen LogP contribution in [0.5, 0.6) is 0 Å². The van der Waals surface area contributed by atoms with E-state index in [1.807, 2.05) is 6.07 Å². The number of hydrogen-bond donors (Lipinski definition) is 0. The fraction of sp³-hybridized carbons (Fsp3) is 0.545. The molecule has 15 heavy (non-hydrogen) atoms. The van der Waals surface area contributed by atoms with Gasteiger partial charge in [-0.25, -0.2) is 0 Å². The van der Waals surface area contributed by atoms with E-state index in [-0.39, 0.29) is 5.78 Å². The quantitative estimate of drug-likeness (QED) is 0.767. The highest BCUT2D eigenvalue weighted by Gasteiger charge is 2.03. The van der Waals surface area contributed by atoms with E-state index in [4.69, 9.17) is 11.6 Å². The number of carbonyl (C=O) groups is 1. The van der Waals surface area contributed by atoms with Crippen molar-refractivity contribution in [2.24, 2.45) is 0 Å². The Morgan fingerprint density at radius 2 is 2.27 bits per heavy atom. The number of hydrogen-bond acceptors (Lipinski definition) is 3. The maximum Gasteiger partial charge on any atom is 0.129 e. The Labute approximate surface area is 99.9 Å². The lowest BCUT2D eigenvalue weighted by Gasteiger charge is -2.14. The molecule has 2 nitrogen and oxygen atoms in total. The number of carbonyl (C=O) groups excluding carboxylic acids is 1. The van der Waals surface area contributed by atoms with Gasteiger partial charge in [-0.3, -0.25) is 0 Å². The predicted molar refractivity (Wildman–Crippen MR) is 65.6 cm³/mol. The second kappa shape index (κ2) is 6.26. The van der Waals surface area contributed by atoms with Crippen LogP contribution < -0.4 is 0 Å². The molecular formula is C11H16ClNOS. The van der Waals surface area contributed by atoms with E-state index in [9.17, 15) is 4.79 Å². The first-order valence-electron chi connectivity index (χ1n) is 5.00. The van der Waals surface area contributed by atoms with Crippen LogP contribution in [-0.4, -0.2) is 24.3 Å². The summed E-state index contributed by atoms with van der Waals surface area (Å²) in [6.45, 7) is 3.50. The average Bonchev–Trinajstić information content (AvgIpc) is 2.50. The van der Waals surface area contributed by atoms with E-state index in [1.165, 1.54) is 4.88 Å². The first kappa shape index (κ1) is 12.7. The molecule has 1 aromatic heterocycles. The zero-order valence-corrected chi connectivity index (χ0v) is 10.7. The Morgan fingerprint density at radius 1 is 1.53 bits per heavy atom. The Hall–Kier alpha value is -0.380. The van der Waals surface area contributed by atoms with E-state index in [2.05, 4.69) is 18.0 Å². The highest BCUT2D eigenvalue weighted by atomic mass is 35.5. The highest BCUT2D eigenvalue weighted by Crippen LogP contribution is 2.22. The number of Topliss-reactive ketones (excluding diaryl/α,β-unsaturated/α-hetero) is 1. The predicted octanol–water partition coefficient (Wildman–Crippen LogP) is 3.20. The van der Waals surface area contributed by atoms with Crippen LogP contribution in [-0.2, 0) is 11.3 Å². The molecule has 4 heteroatoms. The third-order valence-electron chi connectivity index (χ3n) is 2.12. The summed E-state index contributed by atoms with van der Waals surface area (Å²) in [6.07, 6.45) is 1.61. The summed E-state index contributed by atoms with van der Waals surface area (Å²) in [7, 11) is 2.06. The van der Waals surface area contributed by atoms with Crippen molar-refractivity contribution < 1.29 is 4.79 Å². The second-order valence-electron chi connectivity index (χ2n) is 3.75. The first-order valence-corrected chi connectivity index (χ1v) is 6.19. The molecule has 0 aliphatic heterocycles. The Balaban J connectivity index is 2.24. The minimum atomic E-state index is 0.266. The summed E-state index contributed by atoms with van der Waals surface area (Å²) in [5.41, 5.74) is 0. The summed E-state index contributed by atoms with van der Waals surface area (Å²) in [5.74, 6) is 0.266. The number of ketones is 1. The molecule has 0 amide bonds. The van der Waals surface area contributed by atoms with Gasteiger partial charge in [0.1, 0.15) is 5.78 Å². The van der Waals surface area contributed by atoms with Gasteiger partial charge in [0.15, 0.2) is 0 Å². The molecule has 1 rings (SSSR count). The molecule has 1 aromatic rings. The molecule has 0 unspecified atom stereocenters. The molecular weight excluding hydrogens is 230 g/mol. The maximum atomic E-state index is 10.8. The van der Waals surface area contributed by atoms with Crippen molar-refractivity contribution in [3.63, 3.8) is 0 Å². The normalized spacial score (nSPS) is 10.9. The van der Waals surface area contributed by atoms with Crippen LogP contribution in [0.4, 0.5) is 0 Å². The lowest BCUT2D eigenvalue weighted by Crippen LogP contribution is -2.18. The number of thiophene rings is 1. The van der Waals surface area contributed by atoms with Crippen LogP contribution in [0.1, 0.15) is 24.6 Å². The van der Waals surface area contributed by atoms with Crippen molar-refractivity contribution in [2.75, 3.05) is 13.6 Å². The lowest BCUT2D eigenvalue weighted by molar-refractivity contribution is -0.117. The van der Waals surface area contributed by atoms with Crippen molar-refractivity contribution in [2.45, 2.75) is 26.3 Å². The van der Waals surface area contributed by atoms with Crippen LogP contribution >= 0.6 is 22.9 Å². The molecule has 0 bridgehead atoms. The number of rotatable bonds is 6. The Kier molecular flexibility index (Phi) is 5.29. The number of nitrogens with zero attached hydrogens (tertiary/aromatic N) is 1. The third-order valence-corrected chi connectivity index (χ3v) is 3.34. The molecule has 0 atom stereocenters. The van der Waals surface area contributed by atoms with Gasteiger partial charge in [0.2, 0.25) is 0 Å². The molecule has 0 saturated carbocycles. The second-order valence-corrected chi connectivity index (χ2v) is 5.55. The van der Waals surface area contributed by atoms with E-state index < -0.39 is 0 Å². The fourth-order valence-corrected chi connectivity index (χ4v) is 2.55. The van der Waals surface area contributed by atoms with E-state index >= 15 is 0 Å². The average molecular weight is 246 g/mol. The third kappa shape index (κ3) is 5.30. The SMILES string of the molecule is CC(=O)CCCN(C)Cc1ccc(Cl)s1. The largest absolute Gasteiger partial charge is 0.301 e. The zero-order valence-electron chi connectivity index (χ0n) is 9.12. The molecule has 0 aliphatic rings. The van der Waals surface area contributed by atoms with Gasteiger partial charge >= 0.3 is 0 Å². The Morgan fingerprint density at radius 3 is 2.80 bits per heavy atom.